The molecule has 2 aromatic carbocycles. The van der Waals surface area contributed by atoms with Crippen LogP contribution in [-0.2, 0) is 11.2 Å². The van der Waals surface area contributed by atoms with Crippen LogP contribution in [-0.4, -0.2) is 19.0 Å². The molecular weight excluding hydrogens is 266 g/mol. The summed E-state index contributed by atoms with van der Waals surface area (Å²) in [5, 5.41) is 2.92. The zero-order valence-electron chi connectivity index (χ0n) is 11.9. The van der Waals surface area contributed by atoms with Gasteiger partial charge >= 0.3 is 5.97 Å². The van der Waals surface area contributed by atoms with E-state index in [1.807, 2.05) is 37.3 Å². The van der Waals surface area contributed by atoms with Crippen LogP contribution in [0.5, 0.6) is 0 Å². The molecule has 1 aliphatic rings. The molecule has 1 heterocycles. The van der Waals surface area contributed by atoms with E-state index >= 15 is 0 Å². The molecule has 0 unspecified atom stereocenters. The van der Waals surface area contributed by atoms with Crippen LogP contribution >= 0.6 is 0 Å². The molecule has 106 valence electrons. The molecule has 1 aliphatic heterocycles. The molecule has 4 heteroatoms. The number of benzene rings is 2. The first kappa shape index (κ1) is 13.4. The quantitative estimate of drug-likeness (QED) is 0.818. The Hall–Kier alpha value is -2.62. The lowest BCUT2D eigenvalue weighted by atomic mass is 9.97. The van der Waals surface area contributed by atoms with Gasteiger partial charge in [-0.2, -0.15) is 0 Å². The largest absolute Gasteiger partial charge is 0.465 e. The van der Waals surface area contributed by atoms with Crippen molar-refractivity contribution < 1.29 is 14.3 Å². The summed E-state index contributed by atoms with van der Waals surface area (Å²) in [6.07, 6.45) is 0.659. The smallest absolute Gasteiger partial charge is 0.338 e. The van der Waals surface area contributed by atoms with Crippen LogP contribution in [0, 0.1) is 6.92 Å². The molecule has 0 spiro atoms. The molecule has 1 N–H and O–H groups in total. The van der Waals surface area contributed by atoms with Crippen molar-refractivity contribution >= 4 is 17.6 Å². The molecule has 0 bridgehead atoms. The number of amides is 1. The number of nitrogens with one attached hydrogen (secondary N) is 1. The average molecular weight is 281 g/mol. The Balaban J connectivity index is 2.14. The number of hydrogen-bond acceptors (Lipinski definition) is 3. The van der Waals surface area contributed by atoms with Gasteiger partial charge in [0.2, 0.25) is 0 Å². The summed E-state index contributed by atoms with van der Waals surface area (Å²) in [7, 11) is 1.35. The summed E-state index contributed by atoms with van der Waals surface area (Å²) in [6, 6.07) is 11.2. The lowest BCUT2D eigenvalue weighted by molar-refractivity contribution is 0.0599. The normalized spacial score (nSPS) is 12.8. The van der Waals surface area contributed by atoms with Crippen molar-refractivity contribution in [2.45, 2.75) is 13.3 Å². The zero-order valence-corrected chi connectivity index (χ0v) is 11.9. The van der Waals surface area contributed by atoms with Gasteiger partial charge in [-0.05, 0) is 35.7 Å². The maximum absolute atomic E-state index is 12.3. The topological polar surface area (TPSA) is 55.4 Å². The first-order chi connectivity index (χ1) is 10.1. The van der Waals surface area contributed by atoms with Crippen LogP contribution in [0.1, 0.15) is 37.4 Å². The van der Waals surface area contributed by atoms with Gasteiger partial charge in [0.15, 0.2) is 0 Å². The molecular formula is C17H15NO3. The maximum Gasteiger partial charge on any atom is 0.338 e. The number of rotatable bonds is 1. The molecule has 1 amide bonds. The highest BCUT2D eigenvalue weighted by atomic mass is 16.5. The Morgan fingerprint density at radius 3 is 2.67 bits per heavy atom. The summed E-state index contributed by atoms with van der Waals surface area (Å²) in [5.41, 5.74) is 4.58. The minimum atomic E-state index is -0.397. The molecule has 0 saturated heterocycles. The zero-order chi connectivity index (χ0) is 15.0. The predicted octanol–water partition coefficient (Wildman–Crippen LogP) is 2.94. The van der Waals surface area contributed by atoms with Gasteiger partial charge in [-0.15, -0.1) is 0 Å². The Bertz CT molecular complexity index is 750. The highest BCUT2D eigenvalue weighted by molar-refractivity contribution is 6.08. The molecule has 0 saturated carbocycles. The molecule has 0 atom stereocenters. The minimum Gasteiger partial charge on any atom is -0.465 e. The predicted molar refractivity (Wildman–Crippen MR) is 79.7 cm³/mol. The molecule has 3 rings (SSSR count). The average Bonchev–Trinajstić information content (AvgIpc) is 2.64. The number of carbonyl (C=O) groups excluding carboxylic acids is 2. The standard InChI is InChI=1S/C17H15NO3/c1-10-13(17(20)21-2)8-7-12-9-11-5-3-4-6-14(11)16(19)18-15(10)12/h3-8H,9H2,1-2H3,(H,18,19). The summed E-state index contributed by atoms with van der Waals surface area (Å²) in [5.74, 6) is -0.541. The van der Waals surface area contributed by atoms with E-state index in [1.54, 1.807) is 6.07 Å². The SMILES string of the molecule is COC(=O)c1ccc2c(c1C)NC(=O)c1ccccc1C2. The van der Waals surface area contributed by atoms with Gasteiger partial charge in [-0.3, -0.25) is 4.79 Å². The maximum atomic E-state index is 12.3. The van der Waals surface area contributed by atoms with Gasteiger partial charge in [0.05, 0.1) is 12.7 Å². The molecule has 21 heavy (non-hydrogen) atoms. The van der Waals surface area contributed by atoms with Crippen LogP contribution < -0.4 is 5.32 Å². The van der Waals surface area contributed by atoms with Crippen molar-refractivity contribution in [2.75, 3.05) is 12.4 Å². The van der Waals surface area contributed by atoms with E-state index in [-0.39, 0.29) is 5.91 Å². The summed E-state index contributed by atoms with van der Waals surface area (Å²) >= 11 is 0. The van der Waals surface area contributed by atoms with E-state index in [1.165, 1.54) is 7.11 Å². The Morgan fingerprint density at radius 1 is 1.14 bits per heavy atom. The van der Waals surface area contributed by atoms with Crippen molar-refractivity contribution in [1.29, 1.82) is 0 Å². The van der Waals surface area contributed by atoms with E-state index in [0.717, 1.165) is 16.7 Å². The number of esters is 1. The Morgan fingerprint density at radius 2 is 1.90 bits per heavy atom. The third-order valence-corrected chi connectivity index (χ3v) is 3.84. The van der Waals surface area contributed by atoms with Crippen molar-refractivity contribution in [3.63, 3.8) is 0 Å². The van der Waals surface area contributed by atoms with E-state index in [0.29, 0.717) is 23.2 Å². The highest BCUT2D eigenvalue weighted by Gasteiger charge is 2.22. The lowest BCUT2D eigenvalue weighted by Crippen LogP contribution is -2.14. The minimum absolute atomic E-state index is 0.144. The number of methoxy groups -OCH3 is 1. The second-order valence-electron chi connectivity index (χ2n) is 5.05. The number of fused-ring (bicyclic) bond motifs is 2. The Kier molecular flexibility index (Phi) is 3.22. The first-order valence-corrected chi connectivity index (χ1v) is 6.72. The second-order valence-corrected chi connectivity index (χ2v) is 5.05. The van der Waals surface area contributed by atoms with E-state index in [9.17, 15) is 9.59 Å². The van der Waals surface area contributed by atoms with Crippen LogP contribution in [0.2, 0.25) is 0 Å². The van der Waals surface area contributed by atoms with Gasteiger partial charge in [-0.1, -0.05) is 24.3 Å². The third-order valence-electron chi connectivity index (χ3n) is 3.84. The lowest BCUT2D eigenvalue weighted by Gasteiger charge is -2.13. The highest BCUT2D eigenvalue weighted by Crippen LogP contribution is 2.31. The van der Waals surface area contributed by atoms with Crippen molar-refractivity contribution in [1.82, 2.24) is 0 Å². The molecule has 0 aromatic heterocycles. The number of hydrogen-bond donors (Lipinski definition) is 1. The van der Waals surface area contributed by atoms with Gasteiger partial charge in [0.1, 0.15) is 0 Å². The number of carbonyl (C=O) groups is 2. The third kappa shape index (κ3) is 2.18. The van der Waals surface area contributed by atoms with Crippen molar-refractivity contribution in [2.24, 2.45) is 0 Å². The van der Waals surface area contributed by atoms with Crippen molar-refractivity contribution in [3.8, 4) is 0 Å². The summed E-state index contributed by atoms with van der Waals surface area (Å²) in [4.78, 5) is 24.1. The van der Waals surface area contributed by atoms with Crippen LogP contribution in [0.25, 0.3) is 0 Å². The van der Waals surface area contributed by atoms with E-state index < -0.39 is 5.97 Å². The Labute approximate surface area is 122 Å². The first-order valence-electron chi connectivity index (χ1n) is 6.72. The molecule has 0 fully saturated rings. The van der Waals surface area contributed by atoms with Crippen LogP contribution in [0.15, 0.2) is 36.4 Å². The van der Waals surface area contributed by atoms with E-state index in [2.05, 4.69) is 5.32 Å². The molecule has 0 radical (unpaired) electrons. The van der Waals surface area contributed by atoms with Gasteiger partial charge in [0.25, 0.3) is 5.91 Å². The van der Waals surface area contributed by atoms with Crippen molar-refractivity contribution in [3.05, 3.63) is 64.2 Å². The molecule has 4 nitrogen and oxygen atoms in total. The van der Waals surface area contributed by atoms with E-state index in [4.69, 9.17) is 4.74 Å². The number of ether oxygens (including phenoxy) is 1. The van der Waals surface area contributed by atoms with Gasteiger partial charge in [0, 0.05) is 17.7 Å². The fourth-order valence-electron chi connectivity index (χ4n) is 2.70. The monoisotopic (exact) mass is 281 g/mol. The fourth-order valence-corrected chi connectivity index (χ4v) is 2.70. The fraction of sp³-hybridized carbons (Fsp3) is 0.176. The summed E-state index contributed by atoms with van der Waals surface area (Å²) in [6.45, 7) is 1.82. The molecule has 0 aliphatic carbocycles. The second kappa shape index (κ2) is 5.05. The summed E-state index contributed by atoms with van der Waals surface area (Å²) < 4.78 is 4.78. The van der Waals surface area contributed by atoms with Gasteiger partial charge < -0.3 is 10.1 Å². The van der Waals surface area contributed by atoms with Gasteiger partial charge in [-0.25, -0.2) is 4.79 Å². The van der Waals surface area contributed by atoms with Crippen LogP contribution in [0.3, 0.4) is 0 Å². The number of anilines is 1. The van der Waals surface area contributed by atoms with Crippen LogP contribution in [0.4, 0.5) is 5.69 Å². The molecule has 2 aromatic rings.